The van der Waals surface area contributed by atoms with Crippen molar-refractivity contribution in [1.82, 2.24) is 4.72 Å². The Kier molecular flexibility index (Phi) is 3.29. The van der Waals surface area contributed by atoms with Gasteiger partial charge in [0.05, 0.1) is 22.0 Å². The third-order valence-corrected chi connectivity index (χ3v) is 4.51. The molecule has 0 bridgehead atoms. The summed E-state index contributed by atoms with van der Waals surface area (Å²) in [6.07, 6.45) is 0.996. The van der Waals surface area contributed by atoms with Crippen molar-refractivity contribution in [2.75, 3.05) is 6.61 Å². The third-order valence-electron chi connectivity index (χ3n) is 2.93. The zero-order valence-electron chi connectivity index (χ0n) is 9.67. The van der Waals surface area contributed by atoms with Gasteiger partial charge in [-0.15, -0.1) is 0 Å². The molecule has 1 aromatic carbocycles. The van der Waals surface area contributed by atoms with Gasteiger partial charge in [0.25, 0.3) is 0 Å². The highest BCUT2D eigenvalue weighted by molar-refractivity contribution is 7.89. The van der Waals surface area contributed by atoms with Crippen LogP contribution in [0.4, 0.5) is 10.1 Å². The lowest BCUT2D eigenvalue weighted by Gasteiger charge is -2.14. The summed E-state index contributed by atoms with van der Waals surface area (Å²) < 4.78 is 39.5. The normalized spacial score (nSPS) is 17.2. The Bertz CT molecular complexity index is 627. The molecule has 19 heavy (non-hydrogen) atoms. The van der Waals surface area contributed by atoms with Crippen molar-refractivity contribution in [3.8, 4) is 0 Å². The minimum atomic E-state index is -4.01. The van der Waals surface area contributed by atoms with Crippen molar-refractivity contribution in [2.24, 2.45) is 0 Å². The standard InChI is InChI=1S/C10H11FN2O5S/c11-8-5-7(1-2-9(8)13(15)16)19(17,18)12-10(6-14)3-4-10/h1-2,5,12,14H,3-4,6H2. The fourth-order valence-corrected chi connectivity index (χ4v) is 3.05. The van der Waals surface area contributed by atoms with E-state index in [0.717, 1.165) is 12.1 Å². The number of rotatable bonds is 5. The molecule has 1 fully saturated rings. The highest BCUT2D eigenvalue weighted by Gasteiger charge is 2.45. The molecule has 0 atom stereocenters. The number of halogens is 1. The van der Waals surface area contributed by atoms with Gasteiger partial charge in [0.15, 0.2) is 0 Å². The first-order chi connectivity index (χ1) is 8.80. The quantitative estimate of drug-likeness (QED) is 0.607. The predicted molar refractivity (Wildman–Crippen MR) is 62.4 cm³/mol. The van der Waals surface area contributed by atoms with Gasteiger partial charge in [0, 0.05) is 12.1 Å². The van der Waals surface area contributed by atoms with Gasteiger partial charge in [0.1, 0.15) is 0 Å². The number of nitrogens with zero attached hydrogens (tertiary/aromatic N) is 1. The predicted octanol–water partition coefficient (Wildman–Crippen LogP) is 0.537. The molecule has 0 saturated heterocycles. The van der Waals surface area contributed by atoms with Crippen LogP contribution in [-0.4, -0.2) is 30.6 Å². The number of nitro benzene ring substituents is 1. The maximum absolute atomic E-state index is 13.4. The number of hydrogen-bond acceptors (Lipinski definition) is 5. The van der Waals surface area contributed by atoms with Crippen molar-refractivity contribution in [1.29, 1.82) is 0 Å². The Balaban J connectivity index is 2.31. The van der Waals surface area contributed by atoms with Gasteiger partial charge in [-0.3, -0.25) is 10.1 Å². The lowest BCUT2D eigenvalue weighted by molar-refractivity contribution is -0.387. The Morgan fingerprint density at radius 3 is 2.53 bits per heavy atom. The zero-order valence-corrected chi connectivity index (χ0v) is 10.5. The van der Waals surface area contributed by atoms with Crippen molar-refractivity contribution in [2.45, 2.75) is 23.3 Å². The Hall–Kier alpha value is -1.58. The molecule has 1 saturated carbocycles. The minimum absolute atomic E-state index is 0.346. The van der Waals surface area contributed by atoms with E-state index < -0.39 is 36.9 Å². The van der Waals surface area contributed by atoms with E-state index in [-0.39, 0.29) is 6.61 Å². The van der Waals surface area contributed by atoms with Crippen molar-refractivity contribution >= 4 is 15.7 Å². The molecule has 2 rings (SSSR count). The van der Waals surface area contributed by atoms with Gasteiger partial charge in [-0.05, 0) is 18.9 Å². The van der Waals surface area contributed by atoms with E-state index in [1.165, 1.54) is 0 Å². The van der Waals surface area contributed by atoms with Crippen LogP contribution in [0.5, 0.6) is 0 Å². The number of aliphatic hydroxyl groups is 1. The number of aliphatic hydroxyl groups excluding tert-OH is 1. The monoisotopic (exact) mass is 290 g/mol. The summed E-state index contributed by atoms with van der Waals surface area (Å²) in [4.78, 5) is 9.09. The fraction of sp³-hybridized carbons (Fsp3) is 0.400. The van der Waals surface area contributed by atoms with E-state index in [2.05, 4.69) is 4.72 Å². The maximum atomic E-state index is 13.4. The fourth-order valence-electron chi connectivity index (χ4n) is 1.59. The molecule has 0 amide bonds. The molecule has 0 aromatic heterocycles. The highest BCUT2D eigenvalue weighted by atomic mass is 32.2. The molecule has 1 aliphatic carbocycles. The lowest BCUT2D eigenvalue weighted by Crippen LogP contribution is -2.39. The lowest BCUT2D eigenvalue weighted by atomic mass is 10.3. The van der Waals surface area contributed by atoms with Crippen LogP contribution in [-0.2, 0) is 10.0 Å². The second kappa shape index (κ2) is 4.51. The van der Waals surface area contributed by atoms with Gasteiger partial charge >= 0.3 is 5.69 Å². The smallest absolute Gasteiger partial charge is 0.304 e. The van der Waals surface area contributed by atoms with Crippen LogP contribution in [0, 0.1) is 15.9 Å². The van der Waals surface area contributed by atoms with E-state index >= 15 is 0 Å². The molecule has 9 heteroatoms. The van der Waals surface area contributed by atoms with Crippen LogP contribution < -0.4 is 4.72 Å². The van der Waals surface area contributed by atoms with E-state index in [1.807, 2.05) is 0 Å². The molecular formula is C10H11FN2O5S. The maximum Gasteiger partial charge on any atom is 0.304 e. The Morgan fingerprint density at radius 2 is 2.11 bits per heavy atom. The number of nitro groups is 1. The molecule has 0 heterocycles. The van der Waals surface area contributed by atoms with Crippen LogP contribution in [0.3, 0.4) is 0 Å². The SMILES string of the molecule is O=[N+]([O-])c1ccc(S(=O)(=O)NC2(CO)CC2)cc1F. The van der Waals surface area contributed by atoms with E-state index in [4.69, 9.17) is 5.11 Å². The van der Waals surface area contributed by atoms with Crippen molar-refractivity contribution in [3.63, 3.8) is 0 Å². The Morgan fingerprint density at radius 1 is 1.47 bits per heavy atom. The first-order valence-corrected chi connectivity index (χ1v) is 6.87. The van der Waals surface area contributed by atoms with E-state index in [9.17, 15) is 22.9 Å². The first kappa shape index (κ1) is 13.8. The van der Waals surface area contributed by atoms with E-state index in [0.29, 0.717) is 18.9 Å². The molecule has 0 unspecified atom stereocenters. The van der Waals surface area contributed by atoms with Crippen LogP contribution in [0.15, 0.2) is 23.1 Å². The largest absolute Gasteiger partial charge is 0.394 e. The topological polar surface area (TPSA) is 110 Å². The van der Waals surface area contributed by atoms with Crippen LogP contribution in [0.25, 0.3) is 0 Å². The molecule has 0 aliphatic heterocycles. The van der Waals surface area contributed by atoms with Gasteiger partial charge in [-0.1, -0.05) is 0 Å². The second-order valence-corrected chi connectivity index (χ2v) is 6.10. The summed E-state index contributed by atoms with van der Waals surface area (Å²) >= 11 is 0. The summed E-state index contributed by atoms with van der Waals surface area (Å²) in [5, 5.41) is 19.5. The summed E-state index contributed by atoms with van der Waals surface area (Å²) in [7, 11) is -4.01. The van der Waals surface area contributed by atoms with Gasteiger partial charge < -0.3 is 5.11 Å². The summed E-state index contributed by atoms with van der Waals surface area (Å²) in [5.41, 5.74) is -1.67. The van der Waals surface area contributed by atoms with Crippen LogP contribution in [0.2, 0.25) is 0 Å². The summed E-state index contributed by atoms with van der Waals surface area (Å²) in [5.74, 6) is -1.22. The number of hydrogen-bond donors (Lipinski definition) is 2. The average Bonchev–Trinajstić information content (AvgIpc) is 3.08. The Labute approximate surface area is 108 Å². The summed E-state index contributed by atoms with van der Waals surface area (Å²) in [6.45, 7) is -0.346. The molecule has 104 valence electrons. The molecule has 1 aromatic rings. The molecule has 0 radical (unpaired) electrons. The molecular weight excluding hydrogens is 279 g/mol. The third kappa shape index (κ3) is 2.72. The van der Waals surface area contributed by atoms with E-state index in [1.54, 1.807) is 0 Å². The van der Waals surface area contributed by atoms with Crippen molar-refractivity contribution < 1.29 is 22.8 Å². The van der Waals surface area contributed by atoms with Crippen LogP contribution >= 0.6 is 0 Å². The first-order valence-electron chi connectivity index (χ1n) is 5.38. The molecule has 1 aliphatic rings. The number of sulfonamides is 1. The van der Waals surface area contributed by atoms with Gasteiger partial charge in [-0.2, -0.15) is 4.39 Å². The number of nitrogens with one attached hydrogen (secondary N) is 1. The zero-order chi connectivity index (χ0) is 14.3. The highest BCUT2D eigenvalue weighted by Crippen LogP contribution is 2.36. The minimum Gasteiger partial charge on any atom is -0.394 e. The number of benzene rings is 1. The molecule has 7 nitrogen and oxygen atoms in total. The van der Waals surface area contributed by atoms with Gasteiger partial charge in [0.2, 0.25) is 15.8 Å². The molecule has 2 N–H and O–H groups in total. The molecule has 0 spiro atoms. The van der Waals surface area contributed by atoms with Gasteiger partial charge in [-0.25, -0.2) is 13.1 Å². The summed E-state index contributed by atoms with van der Waals surface area (Å²) in [6, 6.07) is 2.34. The average molecular weight is 290 g/mol. The van der Waals surface area contributed by atoms with Crippen molar-refractivity contribution in [3.05, 3.63) is 34.1 Å². The van der Waals surface area contributed by atoms with Crippen LogP contribution in [0.1, 0.15) is 12.8 Å². The second-order valence-electron chi connectivity index (χ2n) is 4.41.